The average molecular weight is 273 g/mol. The fourth-order valence-corrected chi connectivity index (χ4v) is 7.94. The lowest BCUT2D eigenvalue weighted by Gasteiger charge is -2.36. The van der Waals surface area contributed by atoms with Crippen molar-refractivity contribution in [2.45, 2.75) is 38.1 Å². The first-order chi connectivity index (χ1) is 7.62. The van der Waals surface area contributed by atoms with Gasteiger partial charge >= 0.3 is 0 Å². The van der Waals surface area contributed by atoms with Gasteiger partial charge in [-0.2, -0.15) is 0 Å². The Bertz CT molecular complexity index is 337. The fourth-order valence-electron chi connectivity index (χ4n) is 2.73. The van der Waals surface area contributed by atoms with E-state index in [-0.39, 0.29) is 0 Å². The summed E-state index contributed by atoms with van der Waals surface area (Å²) in [6.07, 6.45) is 5.11. The number of rotatable bonds is 2. The van der Waals surface area contributed by atoms with E-state index in [0.29, 0.717) is 11.5 Å². The Kier molecular flexibility index (Phi) is 3.99. The minimum Gasteiger partial charge on any atom is -0.139 e. The first-order valence-electron chi connectivity index (χ1n) is 6.05. The molecule has 2 atom stereocenters. The molecule has 2 unspecified atom stereocenters. The highest BCUT2D eigenvalue weighted by atomic mass is 35.7. The second kappa shape index (κ2) is 5.12. The van der Waals surface area contributed by atoms with Crippen LogP contribution in [0.2, 0.25) is 5.54 Å². The smallest absolute Gasteiger partial charge is 0.139 e. The van der Waals surface area contributed by atoms with E-state index in [1.54, 1.807) is 0 Å². The maximum Gasteiger partial charge on any atom is 0.284 e. The molecule has 2 rings (SSSR count). The van der Waals surface area contributed by atoms with Gasteiger partial charge < -0.3 is 0 Å². The normalized spacial score (nSPS) is 26.7. The molecule has 0 amide bonds. The Morgan fingerprint density at radius 3 is 2.31 bits per heavy atom. The minimum atomic E-state index is -2.30. The Morgan fingerprint density at radius 2 is 1.69 bits per heavy atom. The zero-order valence-electron chi connectivity index (χ0n) is 9.63. The lowest BCUT2D eigenvalue weighted by Crippen LogP contribution is -2.44. The SMILES string of the molecule is CC1CCCCC1[Si](Cl)(Cl)c1ccccc1. The molecule has 88 valence electrons. The van der Waals surface area contributed by atoms with Crippen molar-refractivity contribution >= 4 is 34.0 Å². The molecular weight excluding hydrogens is 255 g/mol. The highest BCUT2D eigenvalue weighted by molar-refractivity contribution is 7.51. The topological polar surface area (TPSA) is 0 Å². The van der Waals surface area contributed by atoms with Gasteiger partial charge in [0.2, 0.25) is 0 Å². The molecule has 1 aromatic rings. The minimum absolute atomic E-state index is 0.520. The van der Waals surface area contributed by atoms with Crippen molar-refractivity contribution in [3.05, 3.63) is 30.3 Å². The van der Waals surface area contributed by atoms with Gasteiger partial charge in [-0.3, -0.25) is 0 Å². The molecule has 1 fully saturated rings. The molecule has 0 radical (unpaired) electrons. The van der Waals surface area contributed by atoms with E-state index in [0.717, 1.165) is 0 Å². The summed E-state index contributed by atoms with van der Waals surface area (Å²) in [5.41, 5.74) is 0.520. The van der Waals surface area contributed by atoms with Crippen LogP contribution in [0.15, 0.2) is 30.3 Å². The molecule has 0 aromatic heterocycles. The molecule has 1 aromatic carbocycles. The number of hydrogen-bond acceptors (Lipinski definition) is 0. The summed E-state index contributed by atoms with van der Waals surface area (Å²) in [6, 6.07) is 10.3. The van der Waals surface area contributed by atoms with Crippen molar-refractivity contribution in [2.24, 2.45) is 5.92 Å². The molecule has 1 saturated carbocycles. The average Bonchev–Trinajstić information content (AvgIpc) is 2.30. The maximum atomic E-state index is 6.74. The predicted molar refractivity (Wildman–Crippen MR) is 74.9 cm³/mol. The van der Waals surface area contributed by atoms with Crippen molar-refractivity contribution in [2.75, 3.05) is 0 Å². The van der Waals surface area contributed by atoms with Gasteiger partial charge in [0.1, 0.15) is 0 Å². The summed E-state index contributed by atoms with van der Waals surface area (Å²) >= 11 is 13.5. The second-order valence-corrected chi connectivity index (χ2v) is 11.6. The molecule has 0 nitrogen and oxygen atoms in total. The first-order valence-corrected chi connectivity index (χ1v) is 10.2. The van der Waals surface area contributed by atoms with Crippen LogP contribution in [0.1, 0.15) is 32.6 Å². The van der Waals surface area contributed by atoms with Gasteiger partial charge in [-0.25, -0.2) is 0 Å². The molecule has 0 bridgehead atoms. The largest absolute Gasteiger partial charge is 0.284 e. The van der Waals surface area contributed by atoms with Gasteiger partial charge in [-0.05, 0) is 16.6 Å². The molecule has 0 N–H and O–H groups in total. The van der Waals surface area contributed by atoms with Crippen molar-refractivity contribution in [3.8, 4) is 0 Å². The van der Waals surface area contributed by atoms with Crippen molar-refractivity contribution in [1.29, 1.82) is 0 Å². The van der Waals surface area contributed by atoms with Crippen LogP contribution >= 0.6 is 22.2 Å². The summed E-state index contributed by atoms with van der Waals surface area (Å²) in [4.78, 5) is 0. The van der Waals surface area contributed by atoms with E-state index in [9.17, 15) is 0 Å². The summed E-state index contributed by atoms with van der Waals surface area (Å²) < 4.78 is 0. The van der Waals surface area contributed by atoms with E-state index < -0.39 is 6.69 Å². The summed E-state index contributed by atoms with van der Waals surface area (Å²) in [6.45, 7) is 0.00762. The van der Waals surface area contributed by atoms with E-state index in [4.69, 9.17) is 22.2 Å². The number of benzene rings is 1. The molecule has 1 aliphatic rings. The van der Waals surface area contributed by atoms with Crippen LogP contribution in [0.4, 0.5) is 0 Å². The summed E-state index contributed by atoms with van der Waals surface area (Å²) in [5, 5.41) is 1.18. The Hall–Kier alpha value is 0.0169. The molecule has 0 saturated heterocycles. The molecule has 0 heterocycles. The quantitative estimate of drug-likeness (QED) is 0.553. The van der Waals surface area contributed by atoms with Crippen molar-refractivity contribution in [3.63, 3.8) is 0 Å². The van der Waals surface area contributed by atoms with Gasteiger partial charge in [0.25, 0.3) is 6.69 Å². The zero-order valence-corrected chi connectivity index (χ0v) is 12.1. The van der Waals surface area contributed by atoms with Crippen LogP contribution in [0.3, 0.4) is 0 Å². The van der Waals surface area contributed by atoms with Gasteiger partial charge in [0, 0.05) is 0 Å². The molecule has 0 spiro atoms. The Morgan fingerprint density at radius 1 is 1.06 bits per heavy atom. The molecule has 3 heteroatoms. The van der Waals surface area contributed by atoms with Crippen molar-refractivity contribution < 1.29 is 0 Å². The monoisotopic (exact) mass is 272 g/mol. The first kappa shape index (κ1) is 12.5. The Labute approximate surface area is 108 Å². The molecule has 0 aliphatic heterocycles. The van der Waals surface area contributed by atoms with E-state index in [1.807, 2.05) is 18.2 Å². The van der Waals surface area contributed by atoms with Gasteiger partial charge in [-0.1, -0.05) is 62.9 Å². The highest BCUT2D eigenvalue weighted by Crippen LogP contribution is 2.44. The highest BCUT2D eigenvalue weighted by Gasteiger charge is 2.43. The maximum absolute atomic E-state index is 6.74. The van der Waals surface area contributed by atoms with Gasteiger partial charge in [-0.15, -0.1) is 22.2 Å². The lowest BCUT2D eigenvalue weighted by molar-refractivity contribution is 0.381. The third-order valence-electron chi connectivity index (χ3n) is 3.74. The number of halogens is 2. The Balaban J connectivity index is 2.23. The van der Waals surface area contributed by atoms with E-state index in [2.05, 4.69) is 19.1 Å². The standard InChI is InChI=1S/C13H18Cl2Si/c1-11-7-5-6-10-13(11)16(14,15)12-8-3-2-4-9-12/h2-4,8-9,11,13H,5-7,10H2,1H3. The third kappa shape index (κ3) is 2.47. The van der Waals surface area contributed by atoms with Gasteiger partial charge in [0.15, 0.2) is 0 Å². The molecular formula is C13H18Cl2Si. The van der Waals surface area contributed by atoms with E-state index in [1.165, 1.54) is 30.9 Å². The molecule has 1 aliphatic carbocycles. The molecule has 16 heavy (non-hydrogen) atoms. The second-order valence-electron chi connectivity index (χ2n) is 4.86. The van der Waals surface area contributed by atoms with Crippen LogP contribution in [-0.4, -0.2) is 6.69 Å². The van der Waals surface area contributed by atoms with Crippen molar-refractivity contribution in [1.82, 2.24) is 0 Å². The van der Waals surface area contributed by atoms with Crippen LogP contribution in [0, 0.1) is 5.92 Å². The van der Waals surface area contributed by atoms with Crippen LogP contribution in [0.5, 0.6) is 0 Å². The zero-order chi connectivity index (χ0) is 11.6. The summed E-state index contributed by atoms with van der Waals surface area (Å²) in [7, 11) is 0. The predicted octanol–water partition coefficient (Wildman–Crippen LogP) is 4.39. The third-order valence-corrected chi connectivity index (χ3v) is 9.62. The van der Waals surface area contributed by atoms with Crippen LogP contribution in [0.25, 0.3) is 0 Å². The lowest BCUT2D eigenvalue weighted by atomic mass is 9.90. The van der Waals surface area contributed by atoms with Crippen LogP contribution < -0.4 is 5.19 Å². The summed E-state index contributed by atoms with van der Waals surface area (Å²) in [5.74, 6) is 0.677. The van der Waals surface area contributed by atoms with E-state index >= 15 is 0 Å². The van der Waals surface area contributed by atoms with Crippen LogP contribution in [-0.2, 0) is 0 Å². The van der Waals surface area contributed by atoms with Gasteiger partial charge in [0.05, 0.1) is 0 Å². The number of hydrogen-bond donors (Lipinski definition) is 0. The fraction of sp³-hybridized carbons (Fsp3) is 0.538.